The first-order valence-electron chi connectivity index (χ1n) is 4.18. The van der Waals surface area contributed by atoms with E-state index in [-0.39, 0.29) is 0 Å². The van der Waals surface area contributed by atoms with Gasteiger partial charge in [0.15, 0.2) is 5.76 Å². The van der Waals surface area contributed by atoms with Crippen molar-refractivity contribution >= 4 is 10.9 Å². The smallest absolute Gasteiger partial charge is 0.165 e. The van der Waals surface area contributed by atoms with E-state index in [9.17, 15) is 0 Å². The van der Waals surface area contributed by atoms with E-state index in [4.69, 9.17) is 4.52 Å². The van der Waals surface area contributed by atoms with Crippen molar-refractivity contribution in [2.24, 2.45) is 0 Å². The molecule has 1 aromatic carbocycles. The predicted molar refractivity (Wildman–Crippen MR) is 50.6 cm³/mol. The largest absolute Gasteiger partial charge is 0.356 e. The van der Waals surface area contributed by atoms with E-state index in [2.05, 4.69) is 11.2 Å². The van der Waals surface area contributed by atoms with Crippen LogP contribution in [0.2, 0.25) is 0 Å². The number of hydrogen-bond acceptors (Lipinski definition) is 2. The molecule has 1 aliphatic carbocycles. The van der Waals surface area contributed by atoms with Crippen molar-refractivity contribution in [3.63, 3.8) is 0 Å². The maximum atomic E-state index is 5.21. The Morgan fingerprint density at radius 3 is 2.85 bits per heavy atom. The second kappa shape index (κ2) is 2.33. The molecule has 0 spiro atoms. The van der Waals surface area contributed by atoms with E-state index in [0.717, 1.165) is 22.2 Å². The third kappa shape index (κ3) is 0.855. The number of fused-ring (bicyclic) bond motifs is 3. The summed E-state index contributed by atoms with van der Waals surface area (Å²) >= 11 is 0. The molecule has 0 amide bonds. The lowest BCUT2D eigenvalue weighted by atomic mass is 10.1. The summed E-state index contributed by atoms with van der Waals surface area (Å²) in [7, 11) is 0. The second-order valence-electron chi connectivity index (χ2n) is 3.00. The first-order valence-corrected chi connectivity index (χ1v) is 4.18. The zero-order chi connectivity index (χ0) is 8.67. The quantitative estimate of drug-likeness (QED) is 0.517. The van der Waals surface area contributed by atoms with Crippen molar-refractivity contribution < 1.29 is 4.52 Å². The molecule has 2 heteroatoms. The van der Waals surface area contributed by atoms with Crippen LogP contribution in [0, 0.1) is 0 Å². The molecule has 0 aromatic heterocycles. The Hall–Kier alpha value is -1.83. The lowest BCUT2D eigenvalue weighted by Gasteiger charge is -2.00. The van der Waals surface area contributed by atoms with Crippen LogP contribution in [0.3, 0.4) is 0 Å². The molecule has 0 saturated heterocycles. The van der Waals surface area contributed by atoms with Gasteiger partial charge in [-0.2, -0.15) is 0 Å². The van der Waals surface area contributed by atoms with E-state index in [1.807, 2.05) is 36.4 Å². The lowest BCUT2D eigenvalue weighted by molar-refractivity contribution is 0.427. The topological polar surface area (TPSA) is 26.0 Å². The highest BCUT2D eigenvalue weighted by atomic mass is 16.5. The number of nitrogens with zero attached hydrogens (tertiary/aromatic N) is 1. The monoisotopic (exact) mass is 169 g/mol. The van der Waals surface area contributed by atoms with Gasteiger partial charge in [-0.3, -0.25) is 0 Å². The molecule has 2 aliphatic rings. The van der Waals surface area contributed by atoms with Crippen LogP contribution in [0.5, 0.6) is 0 Å². The summed E-state index contributed by atoms with van der Waals surface area (Å²) in [5.41, 5.74) is 2.03. The fourth-order valence-electron chi connectivity index (χ4n) is 1.59. The zero-order valence-corrected chi connectivity index (χ0v) is 6.90. The standard InChI is InChI=1S/C11H7NO/c1-2-6-10-8(4-1)9-5-3-7-11(9)13-12-10/h1-7H. The minimum absolute atomic E-state index is 0.846. The average Bonchev–Trinajstić information content (AvgIpc) is 2.65. The molecule has 62 valence electrons. The van der Waals surface area contributed by atoms with Gasteiger partial charge in [0.2, 0.25) is 0 Å². The SMILES string of the molecule is c1cc2onc3ccccc3c-2c1. The zero-order valence-electron chi connectivity index (χ0n) is 6.90. The second-order valence-corrected chi connectivity index (χ2v) is 3.00. The molecular formula is C11H7NO. The molecule has 0 saturated carbocycles. The fourth-order valence-corrected chi connectivity index (χ4v) is 1.59. The van der Waals surface area contributed by atoms with Crippen LogP contribution in [0.4, 0.5) is 0 Å². The third-order valence-corrected chi connectivity index (χ3v) is 2.21. The van der Waals surface area contributed by atoms with E-state index >= 15 is 0 Å². The van der Waals surface area contributed by atoms with Gasteiger partial charge in [0.05, 0.1) is 0 Å². The molecule has 13 heavy (non-hydrogen) atoms. The van der Waals surface area contributed by atoms with Crippen LogP contribution in [-0.2, 0) is 0 Å². The van der Waals surface area contributed by atoms with E-state index in [1.165, 1.54) is 0 Å². The summed E-state index contributed by atoms with van der Waals surface area (Å²) in [5.74, 6) is 0.846. The molecule has 2 nitrogen and oxygen atoms in total. The predicted octanol–water partition coefficient (Wildman–Crippen LogP) is 2.93. The summed E-state index contributed by atoms with van der Waals surface area (Å²) in [6.45, 7) is 0. The Kier molecular flexibility index (Phi) is 1.19. The van der Waals surface area contributed by atoms with Gasteiger partial charge in [0.1, 0.15) is 5.52 Å². The summed E-state index contributed by atoms with van der Waals surface area (Å²) < 4.78 is 5.21. The Morgan fingerprint density at radius 1 is 0.923 bits per heavy atom. The summed E-state index contributed by atoms with van der Waals surface area (Å²) in [5, 5.41) is 5.15. The molecule has 0 fully saturated rings. The Labute approximate surface area is 75.1 Å². The van der Waals surface area contributed by atoms with Crippen molar-refractivity contribution in [1.29, 1.82) is 0 Å². The van der Waals surface area contributed by atoms with E-state index < -0.39 is 0 Å². The van der Waals surface area contributed by atoms with Gasteiger partial charge >= 0.3 is 0 Å². The number of rotatable bonds is 0. The van der Waals surface area contributed by atoms with Crippen LogP contribution in [-0.4, -0.2) is 5.16 Å². The molecule has 0 atom stereocenters. The van der Waals surface area contributed by atoms with E-state index in [1.54, 1.807) is 0 Å². The molecule has 0 radical (unpaired) electrons. The summed E-state index contributed by atoms with van der Waals surface area (Å²) in [4.78, 5) is 0. The third-order valence-electron chi connectivity index (χ3n) is 2.21. The van der Waals surface area contributed by atoms with Gasteiger partial charge in [-0.05, 0) is 12.1 Å². The molecule has 0 N–H and O–H groups in total. The van der Waals surface area contributed by atoms with Crippen molar-refractivity contribution in [2.75, 3.05) is 0 Å². The molecule has 1 aliphatic heterocycles. The Balaban J connectivity index is 2.57. The van der Waals surface area contributed by atoms with Gasteiger partial charge < -0.3 is 4.52 Å². The van der Waals surface area contributed by atoms with Crippen LogP contribution < -0.4 is 0 Å². The van der Waals surface area contributed by atoms with E-state index in [0.29, 0.717) is 0 Å². The molecular weight excluding hydrogens is 162 g/mol. The van der Waals surface area contributed by atoms with Crippen molar-refractivity contribution in [3.8, 4) is 11.3 Å². The molecule has 3 rings (SSSR count). The highest BCUT2D eigenvalue weighted by molar-refractivity contribution is 5.93. The highest BCUT2D eigenvalue weighted by Crippen LogP contribution is 2.29. The first kappa shape index (κ1) is 6.66. The van der Waals surface area contributed by atoms with Crippen LogP contribution >= 0.6 is 0 Å². The summed E-state index contributed by atoms with van der Waals surface area (Å²) in [6.07, 6.45) is 0. The normalized spacial score (nSPS) is 11.1. The maximum absolute atomic E-state index is 5.21. The molecule has 0 unspecified atom stereocenters. The Bertz CT molecular complexity index is 527. The van der Waals surface area contributed by atoms with Gasteiger partial charge in [-0.15, -0.1) is 0 Å². The molecule has 1 aromatic rings. The van der Waals surface area contributed by atoms with Crippen molar-refractivity contribution in [2.45, 2.75) is 0 Å². The van der Waals surface area contributed by atoms with Gasteiger partial charge in [0.25, 0.3) is 0 Å². The van der Waals surface area contributed by atoms with Crippen LogP contribution in [0.25, 0.3) is 22.2 Å². The maximum Gasteiger partial charge on any atom is 0.165 e. The lowest BCUT2D eigenvalue weighted by Crippen LogP contribution is -1.81. The van der Waals surface area contributed by atoms with Crippen LogP contribution in [0.1, 0.15) is 0 Å². The summed E-state index contributed by atoms with van der Waals surface area (Å²) in [6, 6.07) is 13.9. The van der Waals surface area contributed by atoms with Gasteiger partial charge in [0, 0.05) is 10.9 Å². The minimum atomic E-state index is 0.846. The minimum Gasteiger partial charge on any atom is -0.356 e. The van der Waals surface area contributed by atoms with Crippen molar-refractivity contribution in [1.82, 2.24) is 5.16 Å². The van der Waals surface area contributed by atoms with Gasteiger partial charge in [-0.25, -0.2) is 0 Å². The molecule has 0 bridgehead atoms. The Morgan fingerprint density at radius 2 is 1.85 bits per heavy atom. The van der Waals surface area contributed by atoms with Gasteiger partial charge in [-0.1, -0.05) is 35.5 Å². The fraction of sp³-hybridized carbons (Fsp3) is 0. The number of aromatic nitrogens is 1. The van der Waals surface area contributed by atoms with Crippen molar-refractivity contribution in [3.05, 3.63) is 42.5 Å². The van der Waals surface area contributed by atoms with Crippen LogP contribution in [0.15, 0.2) is 47.0 Å². The number of hydrogen-bond donors (Lipinski definition) is 0. The first-order chi connectivity index (χ1) is 6.45. The number of benzene rings is 1. The highest BCUT2D eigenvalue weighted by Gasteiger charge is 2.09. The average molecular weight is 169 g/mol. The molecule has 1 heterocycles.